The molecule has 2 N–H and O–H groups in total. The Morgan fingerprint density at radius 1 is 0.900 bits per heavy atom. The number of aryl methyl sites for hydroxylation is 1. The van der Waals surface area contributed by atoms with Gasteiger partial charge in [-0.3, -0.25) is 0 Å². The summed E-state index contributed by atoms with van der Waals surface area (Å²) in [7, 11) is 0. The minimum atomic E-state index is 0.237. The summed E-state index contributed by atoms with van der Waals surface area (Å²) < 4.78 is 0. The van der Waals surface area contributed by atoms with E-state index in [0.717, 1.165) is 22.0 Å². The van der Waals surface area contributed by atoms with Gasteiger partial charge in [-0.05, 0) is 30.0 Å². The van der Waals surface area contributed by atoms with Crippen LogP contribution >= 0.6 is 11.6 Å². The number of nitrogens with one attached hydrogen (secondary N) is 1. The van der Waals surface area contributed by atoms with Crippen LogP contribution in [0.15, 0.2) is 54.6 Å². The van der Waals surface area contributed by atoms with Crippen LogP contribution in [0.4, 0.5) is 11.4 Å². The Morgan fingerprint density at radius 2 is 1.70 bits per heavy atom. The number of phenolic OH excluding ortho intramolecular Hbond substituents is 1. The topological polar surface area (TPSA) is 32.3 Å². The quantitative estimate of drug-likeness (QED) is 0.630. The summed E-state index contributed by atoms with van der Waals surface area (Å²) in [5.41, 5.74) is 2.44. The van der Waals surface area contributed by atoms with Gasteiger partial charge in [0.1, 0.15) is 5.75 Å². The third kappa shape index (κ3) is 2.19. The second-order valence-electron chi connectivity index (χ2n) is 4.74. The van der Waals surface area contributed by atoms with E-state index in [-0.39, 0.29) is 5.75 Å². The number of anilines is 2. The summed E-state index contributed by atoms with van der Waals surface area (Å²) in [6, 6.07) is 17.3. The molecule has 0 heterocycles. The summed E-state index contributed by atoms with van der Waals surface area (Å²) in [6.45, 7) is 1.95. The molecule has 0 spiro atoms. The van der Waals surface area contributed by atoms with Crippen LogP contribution in [0.2, 0.25) is 5.02 Å². The smallest absolute Gasteiger partial charge is 0.146 e. The van der Waals surface area contributed by atoms with E-state index in [2.05, 4.69) is 5.32 Å². The second-order valence-corrected chi connectivity index (χ2v) is 5.12. The minimum absolute atomic E-state index is 0.237. The average Bonchev–Trinajstić information content (AvgIpc) is 2.47. The van der Waals surface area contributed by atoms with Crippen LogP contribution in [-0.2, 0) is 0 Å². The number of aromatic hydroxyl groups is 1. The zero-order valence-electron chi connectivity index (χ0n) is 11.0. The van der Waals surface area contributed by atoms with Gasteiger partial charge in [0, 0.05) is 5.39 Å². The van der Waals surface area contributed by atoms with Gasteiger partial charge in [0.05, 0.1) is 16.4 Å². The van der Waals surface area contributed by atoms with Gasteiger partial charge < -0.3 is 10.4 Å². The molecule has 0 bridgehead atoms. The van der Waals surface area contributed by atoms with Gasteiger partial charge in [-0.15, -0.1) is 0 Å². The Hall–Kier alpha value is -2.19. The van der Waals surface area contributed by atoms with Gasteiger partial charge in [-0.25, -0.2) is 0 Å². The van der Waals surface area contributed by atoms with Crippen LogP contribution in [0.3, 0.4) is 0 Å². The van der Waals surface area contributed by atoms with E-state index in [1.807, 2.05) is 61.5 Å². The maximum atomic E-state index is 10.4. The molecular formula is C17H14ClNO. The number of halogens is 1. The molecule has 3 rings (SSSR count). The molecule has 20 heavy (non-hydrogen) atoms. The first-order valence-electron chi connectivity index (χ1n) is 6.39. The molecular weight excluding hydrogens is 270 g/mol. The van der Waals surface area contributed by atoms with Crippen LogP contribution in [-0.4, -0.2) is 5.11 Å². The Balaban J connectivity index is 2.07. The Morgan fingerprint density at radius 3 is 2.55 bits per heavy atom. The van der Waals surface area contributed by atoms with Crippen molar-refractivity contribution in [3.05, 3.63) is 65.2 Å². The molecule has 2 nitrogen and oxygen atoms in total. The molecule has 0 amide bonds. The van der Waals surface area contributed by atoms with Gasteiger partial charge in [0.15, 0.2) is 0 Å². The maximum Gasteiger partial charge on any atom is 0.146 e. The van der Waals surface area contributed by atoms with Gasteiger partial charge >= 0.3 is 0 Å². The molecule has 0 saturated carbocycles. The summed E-state index contributed by atoms with van der Waals surface area (Å²) in [5.74, 6) is 0.237. The van der Waals surface area contributed by atoms with Crippen LogP contribution in [0.1, 0.15) is 5.56 Å². The number of phenols is 1. The third-order valence-electron chi connectivity index (χ3n) is 3.36. The predicted molar refractivity (Wildman–Crippen MR) is 85.1 cm³/mol. The lowest BCUT2D eigenvalue weighted by molar-refractivity contribution is 0.484. The number of hydrogen-bond donors (Lipinski definition) is 2. The van der Waals surface area contributed by atoms with Crippen molar-refractivity contribution in [2.24, 2.45) is 0 Å². The van der Waals surface area contributed by atoms with E-state index in [1.54, 1.807) is 0 Å². The molecule has 0 atom stereocenters. The van der Waals surface area contributed by atoms with E-state index in [0.29, 0.717) is 10.7 Å². The van der Waals surface area contributed by atoms with Gasteiger partial charge in [-0.2, -0.15) is 0 Å². The van der Waals surface area contributed by atoms with Crippen LogP contribution in [0.5, 0.6) is 5.75 Å². The molecule has 0 aliphatic carbocycles. The Bertz CT molecular complexity index is 783. The highest BCUT2D eigenvalue weighted by Gasteiger charge is 2.08. The molecule has 0 aliphatic heterocycles. The van der Waals surface area contributed by atoms with Crippen molar-refractivity contribution in [3.63, 3.8) is 0 Å². The first-order chi connectivity index (χ1) is 9.66. The monoisotopic (exact) mass is 283 g/mol. The summed E-state index contributed by atoms with van der Waals surface area (Å²) >= 11 is 6.27. The molecule has 0 aromatic heterocycles. The van der Waals surface area contributed by atoms with E-state index >= 15 is 0 Å². The number of hydrogen-bond acceptors (Lipinski definition) is 2. The number of benzene rings is 3. The van der Waals surface area contributed by atoms with E-state index in [1.165, 1.54) is 0 Å². The zero-order chi connectivity index (χ0) is 14.1. The highest BCUT2D eigenvalue weighted by molar-refractivity contribution is 6.34. The molecule has 3 heteroatoms. The molecule has 0 unspecified atom stereocenters. The Labute approximate surface area is 122 Å². The lowest BCUT2D eigenvalue weighted by Crippen LogP contribution is -1.93. The highest BCUT2D eigenvalue weighted by Crippen LogP contribution is 2.36. The van der Waals surface area contributed by atoms with Crippen LogP contribution < -0.4 is 5.32 Å². The van der Waals surface area contributed by atoms with Crippen molar-refractivity contribution in [1.82, 2.24) is 0 Å². The van der Waals surface area contributed by atoms with Crippen LogP contribution in [0, 0.1) is 6.92 Å². The summed E-state index contributed by atoms with van der Waals surface area (Å²) in [5, 5.41) is 16.0. The van der Waals surface area contributed by atoms with E-state index in [4.69, 9.17) is 11.6 Å². The Kier molecular flexibility index (Phi) is 3.25. The summed E-state index contributed by atoms with van der Waals surface area (Å²) in [4.78, 5) is 0. The predicted octanol–water partition coefficient (Wildman–Crippen LogP) is 5.25. The molecule has 0 aliphatic rings. The zero-order valence-corrected chi connectivity index (χ0v) is 11.8. The maximum absolute atomic E-state index is 10.4. The molecule has 0 radical (unpaired) electrons. The fraction of sp³-hybridized carbons (Fsp3) is 0.0588. The molecule has 100 valence electrons. The molecule has 3 aromatic carbocycles. The normalized spacial score (nSPS) is 10.7. The van der Waals surface area contributed by atoms with Crippen molar-refractivity contribution >= 4 is 33.7 Å². The first kappa shape index (κ1) is 12.8. The molecule has 3 aromatic rings. The summed E-state index contributed by atoms with van der Waals surface area (Å²) in [6.07, 6.45) is 0. The fourth-order valence-electron chi connectivity index (χ4n) is 2.25. The van der Waals surface area contributed by atoms with Crippen LogP contribution in [0.25, 0.3) is 10.8 Å². The lowest BCUT2D eigenvalue weighted by Gasteiger charge is -2.13. The van der Waals surface area contributed by atoms with Crippen molar-refractivity contribution in [2.75, 3.05) is 5.32 Å². The van der Waals surface area contributed by atoms with E-state index < -0.39 is 0 Å². The second kappa shape index (κ2) is 5.06. The van der Waals surface area contributed by atoms with Crippen molar-refractivity contribution in [3.8, 4) is 5.75 Å². The lowest BCUT2D eigenvalue weighted by atomic mass is 10.1. The third-order valence-corrected chi connectivity index (χ3v) is 3.86. The largest absolute Gasteiger partial charge is 0.505 e. The number of fused-ring (bicyclic) bond motifs is 1. The standard InChI is InChI=1S/C17H14ClNO/c1-11-5-4-8-14(16(11)18)19-15-10-9-12-6-2-3-7-13(12)17(15)20/h2-10,19-20H,1H3. The van der Waals surface area contributed by atoms with Gasteiger partial charge in [-0.1, -0.05) is 54.1 Å². The SMILES string of the molecule is Cc1cccc(Nc2ccc3ccccc3c2O)c1Cl. The highest BCUT2D eigenvalue weighted by atomic mass is 35.5. The molecule has 0 fully saturated rings. The van der Waals surface area contributed by atoms with Crippen molar-refractivity contribution in [1.29, 1.82) is 0 Å². The first-order valence-corrected chi connectivity index (χ1v) is 6.77. The molecule has 0 saturated heterocycles. The van der Waals surface area contributed by atoms with Gasteiger partial charge in [0.2, 0.25) is 0 Å². The minimum Gasteiger partial charge on any atom is -0.505 e. The van der Waals surface area contributed by atoms with Gasteiger partial charge in [0.25, 0.3) is 0 Å². The van der Waals surface area contributed by atoms with E-state index in [9.17, 15) is 5.11 Å². The van der Waals surface area contributed by atoms with Crippen molar-refractivity contribution in [2.45, 2.75) is 6.92 Å². The van der Waals surface area contributed by atoms with Crippen molar-refractivity contribution < 1.29 is 5.11 Å². The fourth-order valence-corrected chi connectivity index (χ4v) is 2.42. The average molecular weight is 284 g/mol. The number of rotatable bonds is 2.